The summed E-state index contributed by atoms with van der Waals surface area (Å²) in [4.78, 5) is 8.47. The van der Waals surface area contributed by atoms with Crippen molar-refractivity contribution < 1.29 is 5.11 Å². The molecule has 0 bridgehead atoms. The van der Waals surface area contributed by atoms with E-state index in [4.69, 9.17) is 23.2 Å². The van der Waals surface area contributed by atoms with Crippen molar-refractivity contribution in [3.05, 3.63) is 51.9 Å². The van der Waals surface area contributed by atoms with Crippen molar-refractivity contribution in [2.75, 3.05) is 11.9 Å². The Bertz CT molecular complexity index is 816. The molecule has 3 aromatic rings. The summed E-state index contributed by atoms with van der Waals surface area (Å²) in [6.45, 7) is 2.29. The molecule has 2 aromatic heterocycles. The van der Waals surface area contributed by atoms with Crippen molar-refractivity contribution in [3.63, 3.8) is 0 Å². The largest absolute Gasteiger partial charge is 0.387 e. The monoisotopic (exact) mass is 351 g/mol. The average molecular weight is 352 g/mol. The molecule has 6 nitrogen and oxygen atoms in total. The molecule has 0 aliphatic rings. The van der Waals surface area contributed by atoms with Crippen LogP contribution in [-0.4, -0.2) is 31.2 Å². The molecule has 0 saturated carbocycles. The number of rotatable bonds is 5. The molecular formula is C15H15Cl2N5O. The molecule has 0 radical (unpaired) electrons. The Morgan fingerprint density at radius 2 is 1.96 bits per heavy atom. The number of aryl methyl sites for hydroxylation is 1. The lowest BCUT2D eigenvalue weighted by atomic mass is 10.1. The summed E-state index contributed by atoms with van der Waals surface area (Å²) >= 11 is 11.9. The molecule has 0 aliphatic heterocycles. The van der Waals surface area contributed by atoms with E-state index in [0.717, 1.165) is 17.9 Å². The fourth-order valence-electron chi connectivity index (χ4n) is 2.25. The number of hydrogen-bond donors (Lipinski definition) is 2. The highest BCUT2D eigenvalue weighted by Crippen LogP contribution is 2.24. The Balaban J connectivity index is 1.81. The Hall–Kier alpha value is -1.89. The summed E-state index contributed by atoms with van der Waals surface area (Å²) in [6, 6.07) is 6.89. The first-order valence-electron chi connectivity index (χ1n) is 7.14. The van der Waals surface area contributed by atoms with Crippen molar-refractivity contribution >= 4 is 34.8 Å². The van der Waals surface area contributed by atoms with Gasteiger partial charge in [0.15, 0.2) is 0 Å². The first kappa shape index (κ1) is 16.0. The minimum Gasteiger partial charge on any atom is -0.387 e. The van der Waals surface area contributed by atoms with Crippen molar-refractivity contribution in [2.45, 2.75) is 19.4 Å². The van der Waals surface area contributed by atoms with Gasteiger partial charge in [-0.2, -0.15) is 14.6 Å². The molecular weight excluding hydrogens is 337 g/mol. The Morgan fingerprint density at radius 3 is 2.65 bits per heavy atom. The first-order valence-corrected chi connectivity index (χ1v) is 7.90. The molecule has 1 unspecified atom stereocenters. The molecule has 2 N–H and O–H groups in total. The van der Waals surface area contributed by atoms with Crippen LogP contribution in [0.4, 0.5) is 5.82 Å². The van der Waals surface area contributed by atoms with Gasteiger partial charge in [0.05, 0.1) is 6.10 Å². The lowest BCUT2D eigenvalue weighted by Gasteiger charge is -2.15. The van der Waals surface area contributed by atoms with E-state index < -0.39 is 6.10 Å². The SMILES string of the molecule is CCc1cc(NCC(O)c2cc(Cl)cc(Cl)c2)n2ncnc2n1. The number of anilines is 1. The Morgan fingerprint density at radius 1 is 1.22 bits per heavy atom. The fourth-order valence-corrected chi connectivity index (χ4v) is 2.80. The Labute approximate surface area is 143 Å². The third-order valence-electron chi connectivity index (χ3n) is 3.41. The standard InChI is InChI=1S/C15H15Cl2N5O/c1-2-12-6-14(22-15(21-12)19-8-20-22)18-7-13(23)9-3-10(16)5-11(17)4-9/h3-6,8,13,18,23H,2,7H2,1H3. The zero-order chi connectivity index (χ0) is 16.4. The van der Waals surface area contributed by atoms with Gasteiger partial charge in [0.1, 0.15) is 12.1 Å². The smallest absolute Gasteiger partial charge is 0.254 e. The Kier molecular flexibility index (Phi) is 4.66. The molecule has 1 aromatic carbocycles. The summed E-state index contributed by atoms with van der Waals surface area (Å²) in [6.07, 6.45) is 1.47. The van der Waals surface area contributed by atoms with Gasteiger partial charge in [0, 0.05) is 28.4 Å². The van der Waals surface area contributed by atoms with E-state index in [-0.39, 0.29) is 6.54 Å². The molecule has 0 fully saturated rings. The number of aliphatic hydroxyl groups is 1. The number of aromatic nitrogens is 4. The van der Waals surface area contributed by atoms with Gasteiger partial charge in [-0.3, -0.25) is 0 Å². The highest BCUT2D eigenvalue weighted by Gasteiger charge is 2.12. The molecule has 120 valence electrons. The van der Waals surface area contributed by atoms with Gasteiger partial charge in [-0.05, 0) is 30.2 Å². The minimum atomic E-state index is -0.761. The van der Waals surface area contributed by atoms with Crippen molar-refractivity contribution in [2.24, 2.45) is 0 Å². The number of halogens is 2. The quantitative estimate of drug-likeness (QED) is 0.738. The molecule has 0 aliphatic carbocycles. The average Bonchev–Trinajstić information content (AvgIpc) is 2.99. The van der Waals surface area contributed by atoms with E-state index in [1.807, 2.05) is 13.0 Å². The van der Waals surface area contributed by atoms with Crippen molar-refractivity contribution in [3.8, 4) is 0 Å². The van der Waals surface area contributed by atoms with Crippen LogP contribution >= 0.6 is 23.2 Å². The van der Waals surface area contributed by atoms with Crippen LogP contribution in [0.1, 0.15) is 24.3 Å². The normalized spacial score (nSPS) is 12.5. The summed E-state index contributed by atoms with van der Waals surface area (Å²) in [7, 11) is 0. The number of benzene rings is 1. The lowest BCUT2D eigenvalue weighted by Crippen LogP contribution is -2.15. The van der Waals surface area contributed by atoms with Gasteiger partial charge >= 0.3 is 0 Å². The van der Waals surface area contributed by atoms with E-state index in [1.165, 1.54) is 6.33 Å². The van der Waals surface area contributed by atoms with Gasteiger partial charge in [-0.25, -0.2) is 4.98 Å². The topological polar surface area (TPSA) is 75.3 Å². The summed E-state index contributed by atoms with van der Waals surface area (Å²) in [5, 5.41) is 18.6. The number of aliphatic hydroxyl groups excluding tert-OH is 1. The van der Waals surface area contributed by atoms with Crippen molar-refractivity contribution in [1.82, 2.24) is 19.6 Å². The van der Waals surface area contributed by atoms with Crippen LogP contribution < -0.4 is 5.32 Å². The minimum absolute atomic E-state index is 0.277. The fraction of sp³-hybridized carbons (Fsp3) is 0.267. The maximum Gasteiger partial charge on any atom is 0.254 e. The molecule has 0 saturated heterocycles. The molecule has 2 heterocycles. The first-order chi connectivity index (χ1) is 11.1. The molecule has 3 rings (SSSR count). The van der Waals surface area contributed by atoms with Crippen LogP contribution in [0.15, 0.2) is 30.6 Å². The molecule has 8 heteroatoms. The van der Waals surface area contributed by atoms with Gasteiger partial charge < -0.3 is 10.4 Å². The lowest BCUT2D eigenvalue weighted by molar-refractivity contribution is 0.191. The van der Waals surface area contributed by atoms with Crippen LogP contribution in [0.25, 0.3) is 5.78 Å². The molecule has 23 heavy (non-hydrogen) atoms. The van der Waals surface area contributed by atoms with Gasteiger partial charge in [0.2, 0.25) is 0 Å². The second-order valence-corrected chi connectivity index (χ2v) is 5.93. The van der Waals surface area contributed by atoms with Crippen LogP contribution in [0.2, 0.25) is 10.0 Å². The predicted octanol–water partition coefficient (Wildman–Crippen LogP) is 3.14. The number of nitrogens with zero attached hydrogens (tertiary/aromatic N) is 4. The molecule has 0 amide bonds. The highest BCUT2D eigenvalue weighted by molar-refractivity contribution is 6.34. The predicted molar refractivity (Wildman–Crippen MR) is 90.1 cm³/mol. The third kappa shape index (κ3) is 3.55. The van der Waals surface area contributed by atoms with Crippen LogP contribution in [0.5, 0.6) is 0 Å². The van der Waals surface area contributed by atoms with Gasteiger partial charge in [-0.1, -0.05) is 30.1 Å². The number of hydrogen-bond acceptors (Lipinski definition) is 5. The highest BCUT2D eigenvalue weighted by atomic mass is 35.5. The summed E-state index contributed by atoms with van der Waals surface area (Å²) in [5.74, 6) is 1.24. The second kappa shape index (κ2) is 6.70. The third-order valence-corrected chi connectivity index (χ3v) is 3.85. The number of fused-ring (bicyclic) bond motifs is 1. The van der Waals surface area contributed by atoms with Crippen LogP contribution in [0, 0.1) is 0 Å². The van der Waals surface area contributed by atoms with E-state index in [0.29, 0.717) is 21.4 Å². The summed E-state index contributed by atoms with van der Waals surface area (Å²) in [5.41, 5.74) is 1.54. The van der Waals surface area contributed by atoms with Gasteiger partial charge in [-0.15, -0.1) is 0 Å². The van der Waals surface area contributed by atoms with E-state index in [9.17, 15) is 5.11 Å². The summed E-state index contributed by atoms with van der Waals surface area (Å²) < 4.78 is 1.59. The second-order valence-electron chi connectivity index (χ2n) is 5.06. The van der Waals surface area contributed by atoms with Crippen LogP contribution in [0.3, 0.4) is 0 Å². The number of nitrogens with one attached hydrogen (secondary N) is 1. The van der Waals surface area contributed by atoms with E-state index in [2.05, 4.69) is 20.4 Å². The molecule has 1 atom stereocenters. The van der Waals surface area contributed by atoms with E-state index >= 15 is 0 Å². The zero-order valence-electron chi connectivity index (χ0n) is 12.4. The van der Waals surface area contributed by atoms with Gasteiger partial charge in [0.25, 0.3) is 5.78 Å². The zero-order valence-corrected chi connectivity index (χ0v) is 13.9. The maximum absolute atomic E-state index is 10.3. The van der Waals surface area contributed by atoms with E-state index in [1.54, 1.807) is 22.7 Å². The van der Waals surface area contributed by atoms with Crippen molar-refractivity contribution in [1.29, 1.82) is 0 Å². The maximum atomic E-state index is 10.3. The van der Waals surface area contributed by atoms with Crippen LogP contribution in [-0.2, 0) is 6.42 Å². The molecule has 0 spiro atoms.